The van der Waals surface area contributed by atoms with E-state index in [1.165, 1.54) is 0 Å². The van der Waals surface area contributed by atoms with E-state index < -0.39 is 23.5 Å². The number of nitrogens with two attached hydrogens (primary N) is 1. The summed E-state index contributed by atoms with van der Waals surface area (Å²) >= 11 is 0. The summed E-state index contributed by atoms with van der Waals surface area (Å²) in [6.07, 6.45) is 5.35. The van der Waals surface area contributed by atoms with Crippen molar-refractivity contribution in [2.75, 3.05) is 0 Å². The topological polar surface area (TPSA) is 69.6 Å². The Bertz CT molecular complexity index is 835. The van der Waals surface area contributed by atoms with Crippen molar-refractivity contribution >= 4 is 0 Å². The van der Waals surface area contributed by atoms with Crippen molar-refractivity contribution in [3.05, 3.63) is 71.6 Å². The highest BCUT2D eigenvalue weighted by Gasteiger charge is 2.15. The number of hydrogen-bond acceptors (Lipinski definition) is 4. The molecule has 0 fully saturated rings. The number of nitrogens with zero attached hydrogens (tertiary/aromatic N) is 4. The molecule has 0 spiro atoms. The lowest BCUT2D eigenvalue weighted by atomic mass is 10.0. The zero-order valence-corrected chi connectivity index (χ0v) is 12.5. The Kier molecular flexibility index (Phi) is 4.57. The number of pyridine rings is 1. The molecule has 2 N–H and O–H groups in total. The molecule has 3 rings (SSSR count). The zero-order chi connectivity index (χ0) is 17.1. The quantitative estimate of drug-likeness (QED) is 0.727. The second-order valence-corrected chi connectivity index (χ2v) is 5.39. The molecule has 3 aromatic rings. The van der Waals surface area contributed by atoms with Crippen molar-refractivity contribution in [3.63, 3.8) is 0 Å². The first-order valence-electron chi connectivity index (χ1n) is 7.23. The third-order valence-electron chi connectivity index (χ3n) is 3.49. The smallest absolute Gasteiger partial charge is 0.161 e. The minimum atomic E-state index is -1.22. The number of halogens is 3. The summed E-state index contributed by atoms with van der Waals surface area (Å²) in [7, 11) is 0. The zero-order valence-electron chi connectivity index (χ0n) is 12.5. The van der Waals surface area contributed by atoms with Crippen molar-refractivity contribution in [3.8, 4) is 5.69 Å². The van der Waals surface area contributed by atoms with Gasteiger partial charge in [0.15, 0.2) is 11.6 Å². The molecule has 0 aliphatic carbocycles. The number of benzene rings is 1. The molecule has 2 aromatic heterocycles. The van der Waals surface area contributed by atoms with Crippen molar-refractivity contribution in [2.45, 2.75) is 18.9 Å². The number of hydrogen-bond donors (Lipinski definition) is 1. The lowest BCUT2D eigenvalue weighted by Gasteiger charge is -2.11. The van der Waals surface area contributed by atoms with E-state index in [-0.39, 0.29) is 12.0 Å². The number of aromatic nitrogens is 4. The van der Waals surface area contributed by atoms with Gasteiger partial charge in [-0.25, -0.2) is 17.9 Å². The molecule has 0 saturated carbocycles. The van der Waals surface area contributed by atoms with Gasteiger partial charge in [0.05, 0.1) is 23.8 Å². The SMILES string of the molecule is NC(Cc1cn(-c2cccnc2)nn1)Cc1cc(F)c(F)cc1F. The van der Waals surface area contributed by atoms with Crippen LogP contribution in [-0.4, -0.2) is 26.0 Å². The molecule has 0 aliphatic heterocycles. The second kappa shape index (κ2) is 6.79. The Morgan fingerprint density at radius 1 is 1.08 bits per heavy atom. The minimum Gasteiger partial charge on any atom is -0.327 e. The van der Waals surface area contributed by atoms with Gasteiger partial charge in [-0.2, -0.15) is 0 Å². The standard InChI is InChI=1S/C16H14F3N5/c17-14-7-16(19)15(18)5-10(14)4-11(20)6-12-9-24(23-22-12)13-2-1-3-21-8-13/h1-3,5,7-9,11H,4,6,20H2. The molecule has 0 amide bonds. The van der Waals surface area contributed by atoms with Crippen molar-refractivity contribution < 1.29 is 13.2 Å². The Morgan fingerprint density at radius 3 is 2.62 bits per heavy atom. The molecular formula is C16H14F3N5. The van der Waals surface area contributed by atoms with Crippen LogP contribution >= 0.6 is 0 Å². The fraction of sp³-hybridized carbons (Fsp3) is 0.188. The van der Waals surface area contributed by atoms with E-state index >= 15 is 0 Å². The van der Waals surface area contributed by atoms with Crippen molar-refractivity contribution in [2.24, 2.45) is 5.73 Å². The van der Waals surface area contributed by atoms with Crippen molar-refractivity contribution in [1.29, 1.82) is 0 Å². The van der Waals surface area contributed by atoms with Gasteiger partial charge < -0.3 is 5.73 Å². The summed E-state index contributed by atoms with van der Waals surface area (Å²) in [4.78, 5) is 3.99. The Hall–Kier alpha value is -2.74. The maximum absolute atomic E-state index is 13.7. The molecule has 2 heterocycles. The molecular weight excluding hydrogens is 319 g/mol. The van der Waals surface area contributed by atoms with Crippen LogP contribution in [0.1, 0.15) is 11.3 Å². The highest BCUT2D eigenvalue weighted by Crippen LogP contribution is 2.16. The van der Waals surface area contributed by atoms with Crippen LogP contribution in [0, 0.1) is 17.5 Å². The van der Waals surface area contributed by atoms with Gasteiger partial charge in [0.1, 0.15) is 5.82 Å². The molecule has 0 bridgehead atoms. The molecule has 0 aliphatic rings. The van der Waals surface area contributed by atoms with Gasteiger partial charge in [0.25, 0.3) is 0 Å². The van der Waals surface area contributed by atoms with Crippen LogP contribution in [0.3, 0.4) is 0 Å². The van der Waals surface area contributed by atoms with Crippen molar-refractivity contribution in [1.82, 2.24) is 20.0 Å². The monoisotopic (exact) mass is 333 g/mol. The summed E-state index contributed by atoms with van der Waals surface area (Å²) in [6.45, 7) is 0. The molecule has 24 heavy (non-hydrogen) atoms. The molecule has 124 valence electrons. The predicted molar refractivity (Wildman–Crippen MR) is 80.9 cm³/mol. The average Bonchev–Trinajstić information content (AvgIpc) is 3.02. The summed E-state index contributed by atoms with van der Waals surface area (Å²) in [5.74, 6) is -3.13. The third kappa shape index (κ3) is 3.60. The minimum absolute atomic E-state index is 0.0288. The molecule has 5 nitrogen and oxygen atoms in total. The van der Waals surface area contributed by atoms with Gasteiger partial charge in [0, 0.05) is 24.7 Å². The van der Waals surface area contributed by atoms with Crippen LogP contribution in [0.25, 0.3) is 5.69 Å². The molecule has 1 aromatic carbocycles. The predicted octanol–water partition coefficient (Wildman–Crippen LogP) is 2.19. The van der Waals surface area contributed by atoms with E-state index in [2.05, 4.69) is 15.3 Å². The average molecular weight is 333 g/mol. The molecule has 0 radical (unpaired) electrons. The van der Waals surface area contributed by atoms with E-state index in [9.17, 15) is 13.2 Å². The lowest BCUT2D eigenvalue weighted by molar-refractivity contribution is 0.486. The molecule has 1 unspecified atom stereocenters. The van der Waals surface area contributed by atoms with Gasteiger partial charge >= 0.3 is 0 Å². The van der Waals surface area contributed by atoms with Crippen LogP contribution in [0.5, 0.6) is 0 Å². The van der Waals surface area contributed by atoms with E-state index in [1.54, 1.807) is 29.3 Å². The Labute approximate surface area is 135 Å². The van der Waals surface area contributed by atoms with Crippen LogP contribution in [-0.2, 0) is 12.8 Å². The second-order valence-electron chi connectivity index (χ2n) is 5.39. The van der Waals surface area contributed by atoms with E-state index in [1.807, 2.05) is 6.07 Å². The first-order chi connectivity index (χ1) is 11.5. The fourth-order valence-corrected chi connectivity index (χ4v) is 2.35. The van der Waals surface area contributed by atoms with E-state index in [4.69, 9.17) is 5.73 Å². The largest absolute Gasteiger partial charge is 0.327 e. The van der Waals surface area contributed by atoms with Crippen LogP contribution in [0.15, 0.2) is 42.9 Å². The van der Waals surface area contributed by atoms with Gasteiger partial charge in [-0.05, 0) is 30.2 Å². The van der Waals surface area contributed by atoms with Crippen LogP contribution in [0.2, 0.25) is 0 Å². The van der Waals surface area contributed by atoms with Gasteiger partial charge in [-0.1, -0.05) is 5.21 Å². The van der Waals surface area contributed by atoms with Crippen LogP contribution in [0.4, 0.5) is 13.2 Å². The Morgan fingerprint density at radius 2 is 1.88 bits per heavy atom. The van der Waals surface area contributed by atoms with Gasteiger partial charge in [0.2, 0.25) is 0 Å². The molecule has 8 heteroatoms. The normalized spacial score (nSPS) is 12.3. The fourth-order valence-electron chi connectivity index (χ4n) is 2.35. The van der Waals surface area contributed by atoms with Crippen LogP contribution < -0.4 is 5.73 Å². The summed E-state index contributed by atoms with van der Waals surface area (Å²) in [5.41, 5.74) is 7.35. The molecule has 0 saturated heterocycles. The summed E-state index contributed by atoms with van der Waals surface area (Å²) in [5, 5.41) is 7.98. The maximum Gasteiger partial charge on any atom is 0.161 e. The van der Waals surface area contributed by atoms with Gasteiger partial charge in [-0.3, -0.25) is 4.98 Å². The Balaban J connectivity index is 1.69. The molecule has 1 atom stereocenters. The number of rotatable bonds is 5. The summed E-state index contributed by atoms with van der Waals surface area (Å²) in [6, 6.07) is 4.44. The third-order valence-corrected chi connectivity index (χ3v) is 3.49. The lowest BCUT2D eigenvalue weighted by Crippen LogP contribution is -2.26. The highest BCUT2D eigenvalue weighted by molar-refractivity contribution is 5.26. The van der Waals surface area contributed by atoms with E-state index in [0.717, 1.165) is 11.8 Å². The highest BCUT2D eigenvalue weighted by atomic mass is 19.2. The maximum atomic E-state index is 13.7. The summed E-state index contributed by atoms with van der Waals surface area (Å²) < 4.78 is 41.4. The first kappa shape index (κ1) is 16.1. The first-order valence-corrected chi connectivity index (χ1v) is 7.23. The van der Waals surface area contributed by atoms with Gasteiger partial charge in [-0.15, -0.1) is 5.10 Å². The van der Waals surface area contributed by atoms with E-state index in [0.29, 0.717) is 18.2 Å².